The molecule has 4 heteroatoms. The van der Waals surface area contributed by atoms with E-state index in [0.717, 1.165) is 24.1 Å². The molecule has 0 saturated carbocycles. The molecule has 0 aliphatic carbocycles. The number of nitrogens with one attached hydrogen (secondary N) is 1. The van der Waals surface area contributed by atoms with E-state index in [2.05, 4.69) is 25.2 Å². The van der Waals surface area contributed by atoms with Crippen LogP contribution in [0.25, 0.3) is 0 Å². The third kappa shape index (κ3) is 4.12. The number of piperidine rings is 1. The number of hydrogen-bond donors (Lipinski definition) is 1. The quantitative estimate of drug-likeness (QED) is 0.920. The van der Waals surface area contributed by atoms with Crippen molar-refractivity contribution in [2.45, 2.75) is 52.9 Å². The van der Waals surface area contributed by atoms with Crippen LogP contribution in [0.5, 0.6) is 0 Å². The number of carbonyl (C=O) groups excluding carboxylic acids is 2. The first-order valence-electron chi connectivity index (χ1n) is 8.62. The second-order valence-corrected chi connectivity index (χ2v) is 6.69. The molecule has 1 aliphatic heterocycles. The van der Waals surface area contributed by atoms with Gasteiger partial charge in [-0.1, -0.05) is 39.0 Å². The third-order valence-corrected chi connectivity index (χ3v) is 4.70. The van der Waals surface area contributed by atoms with Crippen molar-refractivity contribution in [2.75, 3.05) is 18.4 Å². The lowest BCUT2D eigenvalue weighted by molar-refractivity contribution is -0.134. The van der Waals surface area contributed by atoms with E-state index in [0.29, 0.717) is 25.4 Å². The van der Waals surface area contributed by atoms with E-state index in [1.807, 2.05) is 30.9 Å². The fraction of sp³-hybridized carbons (Fsp3) is 0.579. The summed E-state index contributed by atoms with van der Waals surface area (Å²) in [5.74, 6) is 0.638. The second kappa shape index (κ2) is 7.62. The first-order chi connectivity index (χ1) is 10.9. The summed E-state index contributed by atoms with van der Waals surface area (Å²) in [6, 6.07) is 6.15. The van der Waals surface area contributed by atoms with Crippen LogP contribution in [-0.2, 0) is 9.59 Å². The molecule has 0 atom stereocenters. The van der Waals surface area contributed by atoms with E-state index in [9.17, 15) is 9.59 Å². The Morgan fingerprint density at radius 2 is 1.91 bits per heavy atom. The molecule has 4 nitrogen and oxygen atoms in total. The fourth-order valence-corrected chi connectivity index (χ4v) is 3.18. The summed E-state index contributed by atoms with van der Waals surface area (Å²) in [4.78, 5) is 26.2. The van der Waals surface area contributed by atoms with Crippen LogP contribution in [0.4, 0.5) is 5.69 Å². The Balaban J connectivity index is 2.03. The fourth-order valence-electron chi connectivity index (χ4n) is 3.18. The number of likely N-dealkylation sites (tertiary alicyclic amines) is 1. The Labute approximate surface area is 139 Å². The van der Waals surface area contributed by atoms with Crippen molar-refractivity contribution in [3.05, 3.63) is 29.3 Å². The van der Waals surface area contributed by atoms with Gasteiger partial charge in [0.1, 0.15) is 0 Å². The lowest BCUT2D eigenvalue weighted by Crippen LogP contribution is -2.41. The minimum atomic E-state index is -0.00414. The van der Waals surface area contributed by atoms with Crippen molar-refractivity contribution in [1.29, 1.82) is 0 Å². The molecule has 2 rings (SSSR count). The van der Waals surface area contributed by atoms with Crippen LogP contribution >= 0.6 is 0 Å². The Bertz CT molecular complexity index is 573. The number of benzene rings is 1. The molecule has 0 radical (unpaired) electrons. The van der Waals surface area contributed by atoms with Crippen molar-refractivity contribution in [2.24, 2.45) is 5.92 Å². The molecule has 1 N–H and O–H groups in total. The van der Waals surface area contributed by atoms with Crippen molar-refractivity contribution < 1.29 is 9.59 Å². The maximum Gasteiger partial charge on any atom is 0.227 e. The summed E-state index contributed by atoms with van der Waals surface area (Å²) in [5, 5.41) is 3.15. The zero-order valence-corrected chi connectivity index (χ0v) is 14.7. The Kier molecular flexibility index (Phi) is 5.80. The first-order valence-corrected chi connectivity index (χ1v) is 8.62. The van der Waals surface area contributed by atoms with E-state index in [1.165, 1.54) is 5.56 Å². The molecule has 1 saturated heterocycles. The zero-order chi connectivity index (χ0) is 17.0. The van der Waals surface area contributed by atoms with Gasteiger partial charge in [0.15, 0.2) is 0 Å². The van der Waals surface area contributed by atoms with Crippen molar-refractivity contribution >= 4 is 17.5 Å². The number of anilines is 1. The number of nitrogens with zero attached hydrogens (tertiary/aromatic N) is 1. The number of aryl methyl sites for hydroxylation is 1. The summed E-state index contributed by atoms with van der Waals surface area (Å²) >= 11 is 0. The van der Waals surface area contributed by atoms with Crippen molar-refractivity contribution in [1.82, 2.24) is 4.90 Å². The highest BCUT2D eigenvalue weighted by Crippen LogP contribution is 2.29. The Hall–Kier alpha value is -1.84. The molecule has 23 heavy (non-hydrogen) atoms. The summed E-state index contributed by atoms with van der Waals surface area (Å²) < 4.78 is 0. The number of hydrogen-bond acceptors (Lipinski definition) is 2. The highest BCUT2D eigenvalue weighted by Gasteiger charge is 2.27. The van der Waals surface area contributed by atoms with Gasteiger partial charge in [0.05, 0.1) is 0 Å². The Morgan fingerprint density at radius 3 is 2.48 bits per heavy atom. The smallest absolute Gasteiger partial charge is 0.227 e. The average Bonchev–Trinajstić information content (AvgIpc) is 2.55. The summed E-state index contributed by atoms with van der Waals surface area (Å²) in [7, 11) is 0. The predicted octanol–water partition coefficient (Wildman–Crippen LogP) is 3.71. The topological polar surface area (TPSA) is 49.4 Å². The predicted molar refractivity (Wildman–Crippen MR) is 93.5 cm³/mol. The highest BCUT2D eigenvalue weighted by molar-refractivity contribution is 5.94. The standard InChI is InChI=1S/C19H28N2O2/c1-5-17(22)21-11-9-15(10-12-21)19(23)20-18-14(4)7-6-8-16(18)13(2)3/h6-8,13,15H,5,9-12H2,1-4H3,(H,20,23). The van der Waals surface area contributed by atoms with Crippen LogP contribution in [0.1, 0.15) is 57.1 Å². The summed E-state index contributed by atoms with van der Waals surface area (Å²) in [6.45, 7) is 9.57. The van der Waals surface area contributed by atoms with Crippen LogP contribution < -0.4 is 5.32 Å². The molecular weight excluding hydrogens is 288 g/mol. The largest absolute Gasteiger partial charge is 0.343 e. The molecule has 1 aliphatic rings. The molecule has 1 aromatic rings. The number of amides is 2. The molecule has 0 spiro atoms. The van der Waals surface area contributed by atoms with E-state index in [1.54, 1.807) is 0 Å². The molecule has 1 heterocycles. The van der Waals surface area contributed by atoms with Crippen LogP contribution in [0, 0.1) is 12.8 Å². The van der Waals surface area contributed by atoms with Gasteiger partial charge >= 0.3 is 0 Å². The van der Waals surface area contributed by atoms with Gasteiger partial charge in [-0.25, -0.2) is 0 Å². The van der Waals surface area contributed by atoms with Gasteiger partial charge in [-0.2, -0.15) is 0 Å². The van der Waals surface area contributed by atoms with Crippen molar-refractivity contribution in [3.8, 4) is 0 Å². The maximum absolute atomic E-state index is 12.6. The number of para-hydroxylation sites is 1. The number of carbonyl (C=O) groups is 2. The van der Waals surface area contributed by atoms with Gasteiger partial charge in [-0.15, -0.1) is 0 Å². The molecule has 0 unspecified atom stereocenters. The zero-order valence-electron chi connectivity index (χ0n) is 14.7. The van der Waals surface area contributed by atoms with Gasteiger partial charge in [0, 0.05) is 31.1 Å². The van der Waals surface area contributed by atoms with Crippen LogP contribution in [-0.4, -0.2) is 29.8 Å². The van der Waals surface area contributed by atoms with Gasteiger partial charge in [-0.3, -0.25) is 9.59 Å². The van der Waals surface area contributed by atoms with E-state index >= 15 is 0 Å². The van der Waals surface area contributed by atoms with Gasteiger partial charge < -0.3 is 10.2 Å². The summed E-state index contributed by atoms with van der Waals surface area (Å²) in [6.07, 6.45) is 2.04. The number of rotatable bonds is 4. The third-order valence-electron chi connectivity index (χ3n) is 4.70. The maximum atomic E-state index is 12.6. The van der Waals surface area contributed by atoms with E-state index < -0.39 is 0 Å². The van der Waals surface area contributed by atoms with E-state index in [4.69, 9.17) is 0 Å². The first kappa shape index (κ1) is 17.5. The van der Waals surface area contributed by atoms with Gasteiger partial charge in [0.2, 0.25) is 11.8 Å². The Morgan fingerprint density at radius 1 is 1.26 bits per heavy atom. The molecule has 1 fully saturated rings. The van der Waals surface area contributed by atoms with Crippen LogP contribution in [0.15, 0.2) is 18.2 Å². The van der Waals surface area contributed by atoms with Crippen LogP contribution in [0.2, 0.25) is 0 Å². The lowest BCUT2D eigenvalue weighted by atomic mass is 9.94. The SMILES string of the molecule is CCC(=O)N1CCC(C(=O)Nc2c(C)cccc2C(C)C)CC1. The minimum absolute atomic E-state index is 0.00414. The van der Waals surface area contributed by atoms with Crippen LogP contribution in [0.3, 0.4) is 0 Å². The highest BCUT2D eigenvalue weighted by atomic mass is 16.2. The van der Waals surface area contributed by atoms with Gasteiger partial charge in [-0.05, 0) is 36.8 Å². The van der Waals surface area contributed by atoms with Crippen molar-refractivity contribution in [3.63, 3.8) is 0 Å². The molecule has 2 amide bonds. The average molecular weight is 316 g/mol. The molecule has 1 aromatic carbocycles. The lowest BCUT2D eigenvalue weighted by Gasteiger charge is -2.31. The normalized spacial score (nSPS) is 15.8. The monoisotopic (exact) mass is 316 g/mol. The van der Waals surface area contributed by atoms with Gasteiger partial charge in [0.25, 0.3) is 0 Å². The molecule has 0 aromatic heterocycles. The minimum Gasteiger partial charge on any atom is -0.343 e. The van der Waals surface area contributed by atoms with E-state index in [-0.39, 0.29) is 17.7 Å². The second-order valence-electron chi connectivity index (χ2n) is 6.69. The molecule has 0 bridgehead atoms. The molecular formula is C19H28N2O2. The summed E-state index contributed by atoms with van der Waals surface area (Å²) in [5.41, 5.74) is 3.24. The molecule has 126 valence electrons.